The van der Waals surface area contributed by atoms with Crippen LogP contribution < -0.4 is 4.90 Å². The largest absolute Gasteiger partial charge is 0.368 e. The summed E-state index contributed by atoms with van der Waals surface area (Å²) in [5.74, 6) is 1.14. The van der Waals surface area contributed by atoms with Gasteiger partial charge >= 0.3 is 0 Å². The molecule has 1 saturated carbocycles. The number of halogens is 2. The average molecular weight is 441 g/mol. The number of amides is 1. The molecule has 8 heteroatoms. The molecule has 0 N–H and O–H groups in total. The van der Waals surface area contributed by atoms with Crippen molar-refractivity contribution in [3.63, 3.8) is 0 Å². The highest BCUT2D eigenvalue weighted by Gasteiger charge is 2.26. The predicted octanol–water partition coefficient (Wildman–Crippen LogP) is 4.76. The van der Waals surface area contributed by atoms with Crippen LogP contribution in [0.25, 0.3) is 11.4 Å². The summed E-state index contributed by atoms with van der Waals surface area (Å²) < 4.78 is 18.8. The van der Waals surface area contributed by atoms with Crippen LogP contribution >= 0.6 is 11.6 Å². The minimum Gasteiger partial charge on any atom is -0.368 e. The van der Waals surface area contributed by atoms with Gasteiger partial charge in [-0.05, 0) is 55.3 Å². The number of aromatic nitrogens is 2. The summed E-state index contributed by atoms with van der Waals surface area (Å²) in [5.41, 5.74) is 2.43. The fraction of sp³-hybridized carbons (Fsp3) is 0.348. The summed E-state index contributed by atoms with van der Waals surface area (Å²) in [7, 11) is 0. The number of hydrogen-bond acceptors (Lipinski definition) is 5. The topological polar surface area (TPSA) is 62.5 Å². The van der Waals surface area contributed by atoms with Gasteiger partial charge in [0.05, 0.1) is 5.02 Å². The molecule has 1 aromatic heterocycles. The van der Waals surface area contributed by atoms with Crippen molar-refractivity contribution in [2.45, 2.75) is 25.2 Å². The third-order valence-electron chi connectivity index (χ3n) is 6.12. The van der Waals surface area contributed by atoms with Gasteiger partial charge in [0.2, 0.25) is 11.7 Å². The van der Waals surface area contributed by atoms with E-state index in [1.165, 1.54) is 24.6 Å². The van der Waals surface area contributed by atoms with Gasteiger partial charge in [-0.25, -0.2) is 4.39 Å². The molecule has 1 amide bonds. The molecule has 0 radical (unpaired) electrons. The van der Waals surface area contributed by atoms with E-state index < -0.39 is 5.82 Å². The zero-order valence-corrected chi connectivity index (χ0v) is 17.7. The summed E-state index contributed by atoms with van der Waals surface area (Å²) >= 11 is 5.82. The van der Waals surface area contributed by atoms with E-state index in [0.29, 0.717) is 43.5 Å². The Balaban J connectivity index is 1.21. The van der Waals surface area contributed by atoms with Crippen LogP contribution in [0.3, 0.4) is 0 Å². The number of nitrogens with zero attached hydrogens (tertiary/aromatic N) is 4. The summed E-state index contributed by atoms with van der Waals surface area (Å²) in [6.45, 7) is 2.61. The third kappa shape index (κ3) is 4.02. The van der Waals surface area contributed by atoms with E-state index >= 15 is 0 Å². The van der Waals surface area contributed by atoms with E-state index in [-0.39, 0.29) is 10.9 Å². The molecular formula is C23H22ClFN4O2. The molecule has 2 aliphatic rings. The van der Waals surface area contributed by atoms with Gasteiger partial charge in [-0.15, -0.1) is 0 Å². The fourth-order valence-electron chi connectivity index (χ4n) is 3.97. The minimum absolute atomic E-state index is 0.0361. The van der Waals surface area contributed by atoms with Crippen molar-refractivity contribution in [2.24, 2.45) is 0 Å². The van der Waals surface area contributed by atoms with Crippen molar-refractivity contribution >= 4 is 23.2 Å². The van der Waals surface area contributed by atoms with E-state index in [2.05, 4.69) is 15.0 Å². The molecule has 1 saturated heterocycles. The van der Waals surface area contributed by atoms with Gasteiger partial charge in [0, 0.05) is 48.9 Å². The Labute approximate surface area is 184 Å². The zero-order chi connectivity index (χ0) is 21.4. The van der Waals surface area contributed by atoms with Crippen LogP contribution in [0.5, 0.6) is 0 Å². The SMILES string of the molecule is O=C(c1ccc(F)c(Cl)c1)N1CCN(c2ccc(-c3noc(C4CCC4)n3)cc2)CC1. The third-order valence-corrected chi connectivity index (χ3v) is 6.41. The lowest BCUT2D eigenvalue weighted by molar-refractivity contribution is 0.0746. The molecule has 1 aliphatic carbocycles. The predicted molar refractivity (Wildman–Crippen MR) is 116 cm³/mol. The van der Waals surface area contributed by atoms with Gasteiger partial charge < -0.3 is 14.3 Å². The van der Waals surface area contributed by atoms with Crippen molar-refractivity contribution in [1.82, 2.24) is 15.0 Å². The first kappa shape index (κ1) is 20.0. The van der Waals surface area contributed by atoms with Crippen molar-refractivity contribution in [2.75, 3.05) is 31.1 Å². The van der Waals surface area contributed by atoms with Crippen molar-refractivity contribution in [3.8, 4) is 11.4 Å². The zero-order valence-electron chi connectivity index (χ0n) is 16.9. The van der Waals surface area contributed by atoms with Gasteiger partial charge in [-0.1, -0.05) is 23.2 Å². The van der Waals surface area contributed by atoms with Crippen LogP contribution in [-0.2, 0) is 0 Å². The first-order valence-electron chi connectivity index (χ1n) is 10.5. The molecule has 0 atom stereocenters. The summed E-state index contributed by atoms with van der Waals surface area (Å²) in [4.78, 5) is 21.2. The van der Waals surface area contributed by atoms with Crippen molar-refractivity contribution in [3.05, 3.63) is 64.8 Å². The molecule has 6 nitrogen and oxygen atoms in total. The first-order valence-corrected chi connectivity index (χ1v) is 10.9. The maximum absolute atomic E-state index is 13.4. The van der Waals surface area contributed by atoms with Crippen LogP contribution in [-0.4, -0.2) is 47.1 Å². The van der Waals surface area contributed by atoms with Gasteiger partial charge in [-0.2, -0.15) is 4.98 Å². The maximum Gasteiger partial charge on any atom is 0.254 e. The summed E-state index contributed by atoms with van der Waals surface area (Å²) in [6.07, 6.45) is 3.49. The molecule has 0 bridgehead atoms. The van der Waals surface area contributed by atoms with E-state index in [4.69, 9.17) is 16.1 Å². The highest BCUT2D eigenvalue weighted by Crippen LogP contribution is 2.36. The number of carbonyl (C=O) groups is 1. The normalized spacial score (nSPS) is 17.0. The summed E-state index contributed by atoms with van der Waals surface area (Å²) in [5, 5.41) is 4.09. The molecule has 5 rings (SSSR count). The Kier molecular flexibility index (Phi) is 5.36. The maximum atomic E-state index is 13.4. The molecule has 160 valence electrons. The number of anilines is 1. The fourth-order valence-corrected chi connectivity index (χ4v) is 4.15. The average Bonchev–Trinajstić information content (AvgIpc) is 3.23. The molecule has 3 aromatic rings. The van der Waals surface area contributed by atoms with Crippen LogP contribution in [0, 0.1) is 5.82 Å². The van der Waals surface area contributed by atoms with E-state index in [1.807, 2.05) is 24.3 Å². The Bertz CT molecular complexity index is 1090. The van der Waals surface area contributed by atoms with Crippen molar-refractivity contribution < 1.29 is 13.7 Å². The van der Waals surface area contributed by atoms with Crippen LogP contribution in [0.1, 0.15) is 41.4 Å². The van der Waals surface area contributed by atoms with Gasteiger partial charge in [0.1, 0.15) is 5.82 Å². The second-order valence-electron chi connectivity index (χ2n) is 8.04. The van der Waals surface area contributed by atoms with E-state index in [1.54, 1.807) is 4.90 Å². The molecule has 1 aliphatic heterocycles. The van der Waals surface area contributed by atoms with Gasteiger partial charge in [-0.3, -0.25) is 4.79 Å². The Morgan fingerprint density at radius 2 is 1.81 bits per heavy atom. The number of rotatable bonds is 4. The Morgan fingerprint density at radius 3 is 2.45 bits per heavy atom. The number of benzene rings is 2. The summed E-state index contributed by atoms with van der Waals surface area (Å²) in [6, 6.07) is 12.2. The van der Waals surface area contributed by atoms with E-state index in [0.717, 1.165) is 30.0 Å². The van der Waals surface area contributed by atoms with Gasteiger partial charge in [0.15, 0.2) is 0 Å². The quantitative estimate of drug-likeness (QED) is 0.585. The minimum atomic E-state index is -0.522. The van der Waals surface area contributed by atoms with Crippen molar-refractivity contribution in [1.29, 1.82) is 0 Å². The lowest BCUT2D eigenvalue weighted by Crippen LogP contribution is -2.48. The number of hydrogen-bond donors (Lipinski definition) is 0. The number of carbonyl (C=O) groups excluding carboxylic acids is 1. The van der Waals surface area contributed by atoms with Gasteiger partial charge in [0.25, 0.3) is 5.91 Å². The van der Waals surface area contributed by atoms with Crippen LogP contribution in [0.4, 0.5) is 10.1 Å². The standard InChI is InChI=1S/C23H22ClFN4O2/c24-19-14-17(6-9-20(19)25)23(30)29-12-10-28(11-13-29)18-7-4-15(5-8-18)21-26-22(31-27-21)16-2-1-3-16/h4-9,14,16H,1-3,10-13H2. The highest BCUT2D eigenvalue weighted by atomic mass is 35.5. The first-order chi connectivity index (χ1) is 15.1. The molecule has 0 unspecified atom stereocenters. The Hall–Kier alpha value is -2.93. The second kappa shape index (κ2) is 8.30. The molecule has 2 heterocycles. The monoisotopic (exact) mass is 440 g/mol. The molecule has 0 spiro atoms. The molecular weight excluding hydrogens is 419 g/mol. The molecule has 2 aromatic carbocycles. The van der Waals surface area contributed by atoms with Crippen LogP contribution in [0.2, 0.25) is 5.02 Å². The number of piperazine rings is 1. The molecule has 2 fully saturated rings. The molecule has 31 heavy (non-hydrogen) atoms. The van der Waals surface area contributed by atoms with Crippen LogP contribution in [0.15, 0.2) is 47.0 Å². The smallest absolute Gasteiger partial charge is 0.254 e. The van der Waals surface area contributed by atoms with E-state index in [9.17, 15) is 9.18 Å². The lowest BCUT2D eigenvalue weighted by Gasteiger charge is -2.36. The highest BCUT2D eigenvalue weighted by molar-refractivity contribution is 6.31. The Morgan fingerprint density at radius 1 is 1.06 bits per heavy atom. The lowest BCUT2D eigenvalue weighted by atomic mass is 9.85. The second-order valence-corrected chi connectivity index (χ2v) is 8.45.